The van der Waals surface area contributed by atoms with Gasteiger partial charge in [-0.15, -0.1) is 0 Å². The number of hydrogen-bond acceptors (Lipinski definition) is 3. The van der Waals surface area contributed by atoms with Crippen LogP contribution in [0.3, 0.4) is 0 Å². The zero-order valence-electron chi connectivity index (χ0n) is 9.17. The Morgan fingerprint density at radius 1 is 1.71 bits per heavy atom. The van der Waals surface area contributed by atoms with Crippen molar-refractivity contribution < 1.29 is 9.53 Å². The smallest absolute Gasteiger partial charge is 0.240 e. The Hall–Kier alpha value is -0.610. The average molecular weight is 200 g/mol. The molecule has 0 aromatic rings. The molecule has 82 valence electrons. The second-order valence-corrected chi connectivity index (χ2v) is 3.83. The molecule has 1 aliphatic heterocycles. The van der Waals surface area contributed by atoms with Crippen molar-refractivity contribution in [3.05, 3.63) is 0 Å². The van der Waals surface area contributed by atoms with Crippen LogP contribution in [0.5, 0.6) is 0 Å². The van der Waals surface area contributed by atoms with Crippen molar-refractivity contribution >= 4 is 5.91 Å². The molecular weight excluding hydrogens is 180 g/mol. The number of hydrogen-bond donors (Lipinski definition) is 2. The molecule has 4 heteroatoms. The average Bonchev–Trinajstić information content (AvgIpc) is 2.18. The monoisotopic (exact) mass is 200 g/mol. The summed E-state index contributed by atoms with van der Waals surface area (Å²) < 4.78 is 5.40. The van der Waals surface area contributed by atoms with E-state index in [4.69, 9.17) is 4.74 Å². The lowest BCUT2D eigenvalue weighted by Crippen LogP contribution is -2.56. The van der Waals surface area contributed by atoms with Crippen LogP contribution in [0, 0.1) is 0 Å². The summed E-state index contributed by atoms with van der Waals surface area (Å²) in [5.74, 6) is 0.0477. The summed E-state index contributed by atoms with van der Waals surface area (Å²) in [5, 5.41) is 6.11. The minimum atomic E-state index is -0.197. The van der Waals surface area contributed by atoms with E-state index in [1.807, 2.05) is 13.8 Å². The van der Waals surface area contributed by atoms with Gasteiger partial charge < -0.3 is 15.4 Å². The standard InChI is InChI=1S/C10H20N2O2/c1-4-7(2)12-10(13)9-8(3)14-6-5-11-9/h7-9,11H,4-6H2,1-3H3,(H,12,13). The van der Waals surface area contributed by atoms with Gasteiger partial charge in [0.25, 0.3) is 0 Å². The first-order valence-electron chi connectivity index (χ1n) is 5.30. The van der Waals surface area contributed by atoms with Crippen LogP contribution in [-0.4, -0.2) is 37.2 Å². The van der Waals surface area contributed by atoms with Crippen LogP contribution in [0.2, 0.25) is 0 Å². The summed E-state index contributed by atoms with van der Waals surface area (Å²) in [6, 6.07) is 0.0381. The highest BCUT2D eigenvalue weighted by Gasteiger charge is 2.28. The van der Waals surface area contributed by atoms with Gasteiger partial charge in [-0.1, -0.05) is 6.92 Å². The molecule has 0 radical (unpaired) electrons. The van der Waals surface area contributed by atoms with Crippen LogP contribution in [0.1, 0.15) is 27.2 Å². The highest BCUT2D eigenvalue weighted by Crippen LogP contribution is 2.04. The third kappa shape index (κ3) is 2.96. The van der Waals surface area contributed by atoms with Gasteiger partial charge in [-0.3, -0.25) is 4.79 Å². The predicted octanol–water partition coefficient (Wildman–Crippen LogP) is 0.278. The molecule has 1 heterocycles. The Morgan fingerprint density at radius 3 is 3.00 bits per heavy atom. The van der Waals surface area contributed by atoms with E-state index in [1.165, 1.54) is 0 Å². The quantitative estimate of drug-likeness (QED) is 0.688. The largest absolute Gasteiger partial charge is 0.375 e. The number of carbonyl (C=O) groups is 1. The summed E-state index contributed by atoms with van der Waals surface area (Å²) in [6.07, 6.45) is 0.918. The van der Waals surface area contributed by atoms with Crippen molar-refractivity contribution in [1.82, 2.24) is 10.6 Å². The summed E-state index contributed by atoms with van der Waals surface area (Å²) in [6.45, 7) is 7.43. The van der Waals surface area contributed by atoms with E-state index in [0.717, 1.165) is 13.0 Å². The van der Waals surface area contributed by atoms with Crippen LogP contribution in [-0.2, 0) is 9.53 Å². The highest BCUT2D eigenvalue weighted by atomic mass is 16.5. The second kappa shape index (κ2) is 5.32. The normalized spacial score (nSPS) is 29.6. The lowest BCUT2D eigenvalue weighted by Gasteiger charge is -2.30. The Bertz CT molecular complexity index is 197. The van der Waals surface area contributed by atoms with Gasteiger partial charge in [0.15, 0.2) is 0 Å². The molecule has 14 heavy (non-hydrogen) atoms. The van der Waals surface area contributed by atoms with Crippen molar-refractivity contribution in [3.63, 3.8) is 0 Å². The van der Waals surface area contributed by atoms with E-state index in [9.17, 15) is 4.79 Å². The second-order valence-electron chi connectivity index (χ2n) is 3.83. The van der Waals surface area contributed by atoms with Gasteiger partial charge >= 0.3 is 0 Å². The zero-order valence-corrected chi connectivity index (χ0v) is 9.17. The molecule has 0 spiro atoms. The summed E-state index contributed by atoms with van der Waals surface area (Å²) in [7, 11) is 0. The van der Waals surface area contributed by atoms with E-state index < -0.39 is 0 Å². The first-order chi connectivity index (χ1) is 6.65. The fourth-order valence-corrected chi connectivity index (χ4v) is 1.46. The highest BCUT2D eigenvalue weighted by molar-refractivity contribution is 5.82. The van der Waals surface area contributed by atoms with Crippen LogP contribution in [0.25, 0.3) is 0 Å². The van der Waals surface area contributed by atoms with Gasteiger partial charge in [-0.2, -0.15) is 0 Å². The molecule has 0 aromatic carbocycles. The van der Waals surface area contributed by atoms with Gasteiger partial charge in [-0.05, 0) is 20.3 Å². The predicted molar refractivity (Wildman–Crippen MR) is 55.1 cm³/mol. The van der Waals surface area contributed by atoms with Crippen molar-refractivity contribution in [1.29, 1.82) is 0 Å². The Labute approximate surface area is 85.4 Å². The van der Waals surface area contributed by atoms with E-state index in [2.05, 4.69) is 17.6 Å². The van der Waals surface area contributed by atoms with E-state index >= 15 is 0 Å². The van der Waals surface area contributed by atoms with Gasteiger partial charge in [0.05, 0.1) is 12.7 Å². The molecule has 1 aliphatic rings. The van der Waals surface area contributed by atoms with Crippen LogP contribution < -0.4 is 10.6 Å². The maximum atomic E-state index is 11.7. The first-order valence-corrected chi connectivity index (χ1v) is 5.30. The number of rotatable bonds is 3. The lowest BCUT2D eigenvalue weighted by molar-refractivity contribution is -0.129. The van der Waals surface area contributed by atoms with Gasteiger partial charge in [0.2, 0.25) is 5.91 Å². The maximum absolute atomic E-state index is 11.7. The fraction of sp³-hybridized carbons (Fsp3) is 0.900. The molecule has 2 N–H and O–H groups in total. The third-order valence-corrected chi connectivity index (χ3v) is 2.60. The molecule has 3 unspecified atom stereocenters. The molecule has 0 bridgehead atoms. The maximum Gasteiger partial charge on any atom is 0.240 e. The van der Waals surface area contributed by atoms with Crippen LogP contribution >= 0.6 is 0 Å². The molecule has 1 fully saturated rings. The van der Waals surface area contributed by atoms with E-state index in [1.54, 1.807) is 0 Å². The topological polar surface area (TPSA) is 50.4 Å². The van der Waals surface area contributed by atoms with Gasteiger partial charge in [0, 0.05) is 12.6 Å². The molecule has 0 aliphatic carbocycles. The van der Waals surface area contributed by atoms with Crippen molar-refractivity contribution in [2.75, 3.05) is 13.2 Å². The Kier molecular flexibility index (Phi) is 4.35. The summed E-state index contributed by atoms with van der Waals surface area (Å²) in [5.41, 5.74) is 0. The molecular formula is C10H20N2O2. The minimum absolute atomic E-state index is 0.0344. The van der Waals surface area contributed by atoms with Crippen molar-refractivity contribution in [2.45, 2.75) is 45.4 Å². The van der Waals surface area contributed by atoms with Gasteiger partial charge in [0.1, 0.15) is 6.04 Å². The molecule has 0 aromatic heterocycles. The molecule has 1 saturated heterocycles. The molecule has 0 saturated carbocycles. The molecule has 3 atom stereocenters. The SMILES string of the molecule is CCC(C)NC(=O)C1NCCOC1C. The minimum Gasteiger partial charge on any atom is -0.375 e. The molecule has 1 rings (SSSR count). The summed E-state index contributed by atoms with van der Waals surface area (Å²) >= 11 is 0. The third-order valence-electron chi connectivity index (χ3n) is 2.60. The Morgan fingerprint density at radius 2 is 2.43 bits per heavy atom. The zero-order chi connectivity index (χ0) is 10.6. The van der Waals surface area contributed by atoms with Crippen LogP contribution in [0.4, 0.5) is 0 Å². The number of carbonyl (C=O) groups excluding carboxylic acids is 1. The Balaban J connectivity index is 2.42. The van der Waals surface area contributed by atoms with Crippen molar-refractivity contribution in [3.8, 4) is 0 Å². The van der Waals surface area contributed by atoms with E-state index in [-0.39, 0.29) is 24.1 Å². The lowest BCUT2D eigenvalue weighted by atomic mass is 10.1. The number of morpholine rings is 1. The fourth-order valence-electron chi connectivity index (χ4n) is 1.46. The van der Waals surface area contributed by atoms with Crippen molar-refractivity contribution in [2.24, 2.45) is 0 Å². The van der Waals surface area contributed by atoms with Crippen LogP contribution in [0.15, 0.2) is 0 Å². The first kappa shape index (κ1) is 11.5. The number of amides is 1. The molecule has 1 amide bonds. The number of ether oxygens (including phenoxy) is 1. The molecule has 4 nitrogen and oxygen atoms in total. The number of nitrogens with one attached hydrogen (secondary N) is 2. The van der Waals surface area contributed by atoms with E-state index in [0.29, 0.717) is 6.61 Å². The van der Waals surface area contributed by atoms with Gasteiger partial charge in [-0.25, -0.2) is 0 Å². The summed E-state index contributed by atoms with van der Waals surface area (Å²) in [4.78, 5) is 11.7.